The fourth-order valence-corrected chi connectivity index (χ4v) is 4.32. The fraction of sp³-hybridized carbons (Fsp3) is 0.400. The van der Waals surface area contributed by atoms with Crippen LogP contribution in [0.25, 0.3) is 5.69 Å². The molecule has 1 aromatic heterocycles. The van der Waals surface area contributed by atoms with Gasteiger partial charge in [0.1, 0.15) is 18.2 Å². The van der Waals surface area contributed by atoms with E-state index in [0.717, 1.165) is 5.69 Å². The van der Waals surface area contributed by atoms with Crippen molar-refractivity contribution in [2.45, 2.75) is 32.4 Å². The number of aliphatic hydroxyl groups excluding tert-OH is 1. The summed E-state index contributed by atoms with van der Waals surface area (Å²) in [6.45, 7) is 6.56. The number of benzene rings is 2. The van der Waals surface area contributed by atoms with Gasteiger partial charge in [0.2, 0.25) is 0 Å². The zero-order valence-electron chi connectivity index (χ0n) is 19.9. The quantitative estimate of drug-likeness (QED) is 0.555. The van der Waals surface area contributed by atoms with Gasteiger partial charge in [0, 0.05) is 31.9 Å². The zero-order valence-corrected chi connectivity index (χ0v) is 19.9. The van der Waals surface area contributed by atoms with Crippen LogP contribution in [0.1, 0.15) is 38.0 Å². The number of aliphatic hydroxyl groups is 1. The van der Waals surface area contributed by atoms with E-state index in [1.165, 1.54) is 39.8 Å². The summed E-state index contributed by atoms with van der Waals surface area (Å²) >= 11 is 0. The Bertz CT molecular complexity index is 1180. The van der Waals surface area contributed by atoms with Gasteiger partial charge in [-0.05, 0) is 55.3 Å². The highest BCUT2D eigenvalue weighted by Crippen LogP contribution is 2.28. The molecular formula is C25H30FN5O4. The molecule has 1 fully saturated rings. The molecule has 4 rings (SSSR count). The van der Waals surface area contributed by atoms with E-state index in [-0.39, 0.29) is 17.6 Å². The summed E-state index contributed by atoms with van der Waals surface area (Å²) in [6.07, 6.45) is 0.618. The van der Waals surface area contributed by atoms with Crippen molar-refractivity contribution in [2.75, 3.05) is 37.7 Å². The second-order valence-electron chi connectivity index (χ2n) is 8.39. The van der Waals surface area contributed by atoms with Crippen molar-refractivity contribution in [3.8, 4) is 5.69 Å². The van der Waals surface area contributed by atoms with Crippen molar-refractivity contribution >= 4 is 11.8 Å². The first-order valence-electron chi connectivity index (χ1n) is 11.8. The zero-order chi connectivity index (χ0) is 24.9. The van der Waals surface area contributed by atoms with Crippen LogP contribution in [0.5, 0.6) is 0 Å². The molecule has 0 spiro atoms. The third-order valence-electron chi connectivity index (χ3n) is 6.30. The van der Waals surface area contributed by atoms with E-state index >= 15 is 0 Å². The summed E-state index contributed by atoms with van der Waals surface area (Å²) in [4.78, 5) is 28.9. The molecule has 1 N–H and O–H groups in total. The number of nitrogens with zero attached hydrogens (tertiary/aromatic N) is 5. The molecule has 2 aromatic carbocycles. The molecule has 10 heteroatoms. The van der Waals surface area contributed by atoms with Crippen LogP contribution in [-0.2, 0) is 4.74 Å². The smallest absolute Gasteiger partial charge is 0.409 e. The molecule has 35 heavy (non-hydrogen) atoms. The van der Waals surface area contributed by atoms with Gasteiger partial charge in [-0.3, -0.25) is 0 Å². The third-order valence-corrected chi connectivity index (χ3v) is 6.30. The maximum absolute atomic E-state index is 13.3. The Morgan fingerprint density at radius 2 is 1.66 bits per heavy atom. The molecule has 1 amide bonds. The maximum atomic E-state index is 13.3. The number of piperazine rings is 1. The molecule has 0 aliphatic carbocycles. The minimum Gasteiger partial charge on any atom is -0.450 e. The van der Waals surface area contributed by atoms with E-state index in [0.29, 0.717) is 50.5 Å². The Kier molecular flexibility index (Phi) is 7.50. The third kappa shape index (κ3) is 5.22. The van der Waals surface area contributed by atoms with Crippen molar-refractivity contribution in [2.24, 2.45) is 0 Å². The summed E-state index contributed by atoms with van der Waals surface area (Å²) in [5, 5.41) is 15.1. The van der Waals surface area contributed by atoms with E-state index in [9.17, 15) is 19.1 Å². The summed E-state index contributed by atoms with van der Waals surface area (Å²) < 4.78 is 21.0. The van der Waals surface area contributed by atoms with Crippen molar-refractivity contribution in [1.82, 2.24) is 19.2 Å². The highest BCUT2D eigenvalue weighted by Gasteiger charge is 2.25. The van der Waals surface area contributed by atoms with Crippen LogP contribution >= 0.6 is 0 Å². The van der Waals surface area contributed by atoms with E-state index in [1.807, 2.05) is 31.2 Å². The first kappa shape index (κ1) is 24.5. The number of hydrogen-bond donors (Lipinski definition) is 1. The molecule has 9 nitrogen and oxygen atoms in total. The predicted molar refractivity (Wildman–Crippen MR) is 129 cm³/mol. The lowest BCUT2D eigenvalue weighted by Gasteiger charge is -2.35. The minimum absolute atomic E-state index is 0.284. The van der Waals surface area contributed by atoms with Gasteiger partial charge in [-0.1, -0.05) is 19.1 Å². The minimum atomic E-state index is -1.00. The van der Waals surface area contributed by atoms with Gasteiger partial charge in [0.15, 0.2) is 0 Å². The van der Waals surface area contributed by atoms with Crippen LogP contribution in [-0.4, -0.2) is 63.2 Å². The SMILES string of the molecule is CCOC(=O)N1CCN(c2ccc(-n3cnn(C(CC)C(O)c4ccc(F)cc4)c3=O)cc2)CC1. The van der Waals surface area contributed by atoms with Crippen LogP contribution in [0.3, 0.4) is 0 Å². The van der Waals surface area contributed by atoms with Crippen LogP contribution < -0.4 is 10.6 Å². The van der Waals surface area contributed by atoms with E-state index in [1.54, 1.807) is 11.8 Å². The van der Waals surface area contributed by atoms with Gasteiger partial charge in [0.05, 0.1) is 18.3 Å². The van der Waals surface area contributed by atoms with Gasteiger partial charge < -0.3 is 19.6 Å². The Morgan fingerprint density at radius 1 is 1.03 bits per heavy atom. The molecule has 1 aliphatic heterocycles. The predicted octanol–water partition coefficient (Wildman–Crippen LogP) is 3.14. The topological polar surface area (TPSA) is 92.8 Å². The second kappa shape index (κ2) is 10.7. The van der Waals surface area contributed by atoms with Crippen LogP contribution in [0.2, 0.25) is 0 Å². The Hall–Kier alpha value is -3.66. The number of hydrogen-bond acceptors (Lipinski definition) is 6. The number of ether oxygens (including phenoxy) is 1. The number of carbonyl (C=O) groups excluding carboxylic acids is 1. The number of halogens is 1. The van der Waals surface area contributed by atoms with Gasteiger partial charge in [-0.2, -0.15) is 5.10 Å². The summed E-state index contributed by atoms with van der Waals surface area (Å²) in [7, 11) is 0. The summed E-state index contributed by atoms with van der Waals surface area (Å²) in [6, 6.07) is 12.6. The van der Waals surface area contributed by atoms with E-state index in [4.69, 9.17) is 4.74 Å². The summed E-state index contributed by atoms with van der Waals surface area (Å²) in [5.74, 6) is -0.389. The van der Waals surface area contributed by atoms with E-state index in [2.05, 4.69) is 10.00 Å². The first-order valence-corrected chi connectivity index (χ1v) is 11.8. The van der Waals surface area contributed by atoms with Crippen molar-refractivity contribution in [3.05, 3.63) is 76.7 Å². The normalized spacial score (nSPS) is 15.7. The molecule has 0 saturated carbocycles. The van der Waals surface area contributed by atoms with Crippen LogP contribution in [0, 0.1) is 5.82 Å². The van der Waals surface area contributed by atoms with Crippen LogP contribution in [0.15, 0.2) is 59.7 Å². The molecule has 2 unspecified atom stereocenters. The standard InChI is InChI=1S/C25H30FN5O4/c1-3-22(23(32)18-5-7-19(26)8-6-18)31-24(33)30(17-27-31)21-11-9-20(10-12-21)28-13-15-29(16-14-28)25(34)35-4-2/h5-12,17,22-23,32H,3-4,13-16H2,1-2H3. The number of rotatable bonds is 7. The highest BCUT2D eigenvalue weighted by atomic mass is 19.1. The molecule has 3 aromatic rings. The van der Waals surface area contributed by atoms with E-state index < -0.39 is 12.1 Å². The Balaban J connectivity index is 1.47. The number of carbonyl (C=O) groups is 1. The molecule has 186 valence electrons. The monoisotopic (exact) mass is 483 g/mol. The molecule has 0 bridgehead atoms. The molecule has 1 saturated heterocycles. The average molecular weight is 484 g/mol. The van der Waals surface area contributed by atoms with Gasteiger partial charge >= 0.3 is 11.8 Å². The Labute approximate surface area is 203 Å². The molecule has 1 aliphatic rings. The largest absolute Gasteiger partial charge is 0.450 e. The van der Waals surface area contributed by atoms with Gasteiger partial charge in [-0.25, -0.2) is 23.2 Å². The Morgan fingerprint density at radius 3 is 2.26 bits per heavy atom. The van der Waals surface area contributed by atoms with Crippen LogP contribution in [0.4, 0.5) is 14.9 Å². The van der Waals surface area contributed by atoms with Crippen molar-refractivity contribution in [3.63, 3.8) is 0 Å². The lowest BCUT2D eigenvalue weighted by atomic mass is 10.0. The number of amides is 1. The summed E-state index contributed by atoms with van der Waals surface area (Å²) in [5.41, 5.74) is 1.80. The van der Waals surface area contributed by atoms with Gasteiger partial charge in [0.25, 0.3) is 0 Å². The first-order chi connectivity index (χ1) is 16.9. The maximum Gasteiger partial charge on any atom is 0.409 e. The lowest BCUT2D eigenvalue weighted by Crippen LogP contribution is -2.49. The number of anilines is 1. The molecule has 0 radical (unpaired) electrons. The molecule has 2 atom stereocenters. The second-order valence-corrected chi connectivity index (χ2v) is 8.39. The van der Waals surface area contributed by atoms with Crippen molar-refractivity contribution in [1.29, 1.82) is 0 Å². The molecule has 2 heterocycles. The average Bonchev–Trinajstić information content (AvgIpc) is 3.26. The lowest BCUT2D eigenvalue weighted by molar-refractivity contribution is 0.101. The van der Waals surface area contributed by atoms with Crippen molar-refractivity contribution < 1.29 is 19.0 Å². The highest BCUT2D eigenvalue weighted by molar-refractivity contribution is 5.68. The number of aromatic nitrogens is 3. The fourth-order valence-electron chi connectivity index (χ4n) is 4.32. The molecular weight excluding hydrogens is 453 g/mol. The van der Waals surface area contributed by atoms with Gasteiger partial charge in [-0.15, -0.1) is 0 Å².